The summed E-state index contributed by atoms with van der Waals surface area (Å²) >= 11 is 6.03. The van der Waals surface area contributed by atoms with E-state index < -0.39 is 16.4 Å². The van der Waals surface area contributed by atoms with Gasteiger partial charge in [0.2, 0.25) is 5.91 Å². The third-order valence-corrected chi connectivity index (χ3v) is 5.09. The number of carbonyl (C=O) groups is 1. The summed E-state index contributed by atoms with van der Waals surface area (Å²) < 4.78 is 5.60. The van der Waals surface area contributed by atoms with Crippen LogP contribution >= 0.6 is 11.6 Å². The molecule has 2 N–H and O–H groups in total. The molecule has 0 saturated carbocycles. The molecule has 0 aliphatic rings. The highest BCUT2D eigenvalue weighted by molar-refractivity contribution is 6.30. The number of halogens is 1. The Morgan fingerprint density at radius 3 is 2.41 bits per heavy atom. The van der Waals surface area contributed by atoms with Crippen LogP contribution in [0.25, 0.3) is 11.1 Å². The van der Waals surface area contributed by atoms with E-state index in [0.717, 1.165) is 16.7 Å². The zero-order valence-electron chi connectivity index (χ0n) is 17.6. The third kappa shape index (κ3) is 5.67. The van der Waals surface area contributed by atoms with Crippen LogP contribution in [0.1, 0.15) is 5.56 Å². The van der Waals surface area contributed by atoms with E-state index in [9.17, 15) is 20.0 Å². The van der Waals surface area contributed by atoms with Gasteiger partial charge in [0, 0.05) is 28.9 Å². The number of pyridine rings is 1. The smallest absolute Gasteiger partial charge is 0.310 e. The molecule has 1 heterocycles. The minimum Gasteiger partial charge on any atom is -0.502 e. The summed E-state index contributed by atoms with van der Waals surface area (Å²) in [5, 5.41) is 23.9. The maximum absolute atomic E-state index is 12.4. The molecular weight excluding hydrogens is 458 g/mol. The summed E-state index contributed by atoms with van der Waals surface area (Å²) in [5.41, 5.74) is 2.18. The van der Waals surface area contributed by atoms with E-state index in [1.165, 1.54) is 18.2 Å². The van der Waals surface area contributed by atoms with Crippen molar-refractivity contribution in [1.82, 2.24) is 4.98 Å². The molecule has 1 aromatic heterocycles. The van der Waals surface area contributed by atoms with Crippen molar-refractivity contribution in [3.8, 4) is 28.4 Å². The number of benzene rings is 3. The Labute approximate surface area is 199 Å². The average Bonchev–Trinajstić information content (AvgIpc) is 2.81. The minimum atomic E-state index is -0.678. The molecule has 4 rings (SSSR count). The second-order valence-electron chi connectivity index (χ2n) is 7.32. The predicted molar refractivity (Wildman–Crippen MR) is 128 cm³/mol. The zero-order chi connectivity index (χ0) is 24.1. The highest BCUT2D eigenvalue weighted by Crippen LogP contribution is 2.32. The van der Waals surface area contributed by atoms with Crippen LogP contribution in [0.4, 0.5) is 11.5 Å². The molecule has 0 aliphatic heterocycles. The van der Waals surface area contributed by atoms with Crippen LogP contribution in [-0.4, -0.2) is 20.9 Å². The molecule has 0 saturated heterocycles. The zero-order valence-corrected chi connectivity index (χ0v) is 18.4. The van der Waals surface area contributed by atoms with E-state index in [1.807, 2.05) is 24.3 Å². The molecule has 0 radical (unpaired) electrons. The lowest BCUT2D eigenvalue weighted by Gasteiger charge is -2.08. The van der Waals surface area contributed by atoms with Gasteiger partial charge in [-0.15, -0.1) is 0 Å². The fourth-order valence-electron chi connectivity index (χ4n) is 3.21. The molecule has 3 aromatic carbocycles. The van der Waals surface area contributed by atoms with Crippen molar-refractivity contribution in [1.29, 1.82) is 0 Å². The van der Waals surface area contributed by atoms with Crippen LogP contribution in [0.15, 0.2) is 85.1 Å². The lowest BCUT2D eigenvalue weighted by Crippen LogP contribution is -2.15. The summed E-state index contributed by atoms with van der Waals surface area (Å²) in [7, 11) is 0. The van der Waals surface area contributed by atoms with Crippen molar-refractivity contribution in [2.45, 2.75) is 6.42 Å². The monoisotopic (exact) mass is 475 g/mol. The molecule has 0 fully saturated rings. The number of anilines is 1. The van der Waals surface area contributed by atoms with Crippen molar-refractivity contribution in [3.05, 3.63) is 106 Å². The number of rotatable bonds is 7. The van der Waals surface area contributed by atoms with E-state index >= 15 is 0 Å². The van der Waals surface area contributed by atoms with Crippen LogP contribution in [-0.2, 0) is 11.2 Å². The van der Waals surface area contributed by atoms with Crippen molar-refractivity contribution in [2.24, 2.45) is 0 Å². The number of nitrogens with one attached hydrogen (secondary N) is 1. The molecular formula is C25H18ClN3O5. The number of aromatic hydroxyl groups is 1. The van der Waals surface area contributed by atoms with Crippen molar-refractivity contribution in [3.63, 3.8) is 0 Å². The number of nitrogens with zero attached hydrogens (tertiary/aromatic N) is 2. The van der Waals surface area contributed by atoms with Crippen molar-refractivity contribution < 1.29 is 19.6 Å². The molecule has 4 aromatic rings. The number of nitro groups is 1. The Balaban J connectivity index is 1.34. The fraction of sp³-hybridized carbons (Fsp3) is 0.0400. The normalized spacial score (nSPS) is 10.5. The fourth-order valence-corrected chi connectivity index (χ4v) is 3.40. The summed E-state index contributed by atoms with van der Waals surface area (Å²) in [5.74, 6) is 0.437. The molecule has 0 spiro atoms. The molecule has 8 nitrogen and oxygen atoms in total. The first-order valence-electron chi connectivity index (χ1n) is 10.1. The Hall–Kier alpha value is -4.43. The summed E-state index contributed by atoms with van der Waals surface area (Å²) in [6.07, 6.45) is 1.81. The first kappa shape index (κ1) is 22.8. The quantitative estimate of drug-likeness (QED) is 0.250. The van der Waals surface area contributed by atoms with Crippen molar-refractivity contribution >= 4 is 29.0 Å². The number of amides is 1. The number of phenols is 1. The molecule has 0 bridgehead atoms. The molecule has 170 valence electrons. The van der Waals surface area contributed by atoms with E-state index in [4.69, 9.17) is 16.3 Å². The number of hydrogen-bond donors (Lipinski definition) is 2. The lowest BCUT2D eigenvalue weighted by molar-refractivity contribution is -0.385. The van der Waals surface area contributed by atoms with Crippen LogP contribution in [0.5, 0.6) is 17.2 Å². The van der Waals surface area contributed by atoms with Gasteiger partial charge in [0.05, 0.1) is 11.3 Å². The summed E-state index contributed by atoms with van der Waals surface area (Å²) in [6.45, 7) is 0. The second kappa shape index (κ2) is 10.0. The largest absolute Gasteiger partial charge is 0.502 e. The van der Waals surface area contributed by atoms with Gasteiger partial charge >= 0.3 is 5.69 Å². The predicted octanol–water partition coefficient (Wildman–Crippen LogP) is 5.99. The Kier molecular flexibility index (Phi) is 6.70. The maximum atomic E-state index is 12.4. The van der Waals surface area contributed by atoms with Gasteiger partial charge in [-0.3, -0.25) is 14.9 Å². The Morgan fingerprint density at radius 2 is 1.76 bits per heavy atom. The van der Waals surface area contributed by atoms with Crippen LogP contribution in [0, 0.1) is 10.1 Å². The lowest BCUT2D eigenvalue weighted by atomic mass is 10.1. The summed E-state index contributed by atoms with van der Waals surface area (Å²) in [4.78, 5) is 26.8. The topological polar surface area (TPSA) is 115 Å². The van der Waals surface area contributed by atoms with Crippen molar-refractivity contribution in [2.75, 3.05) is 5.32 Å². The third-order valence-electron chi connectivity index (χ3n) is 4.86. The molecule has 1 amide bonds. The SMILES string of the molecule is O=C(Cc1ccc(Oc2ccc([N+](=O)[O-])c(O)c2)cc1)Nc1ccc(-c2cccc(Cl)c2)cn1. The Bertz CT molecular complexity index is 1340. The highest BCUT2D eigenvalue weighted by Gasteiger charge is 2.14. The van der Waals surface area contributed by atoms with Gasteiger partial charge in [-0.25, -0.2) is 4.98 Å². The van der Waals surface area contributed by atoms with Gasteiger partial charge in [0.15, 0.2) is 5.75 Å². The van der Waals surface area contributed by atoms with E-state index in [1.54, 1.807) is 42.6 Å². The van der Waals surface area contributed by atoms with E-state index in [-0.39, 0.29) is 18.1 Å². The van der Waals surface area contributed by atoms with Gasteiger partial charge in [0.1, 0.15) is 17.3 Å². The highest BCUT2D eigenvalue weighted by atomic mass is 35.5. The number of phenolic OH excluding ortho intramolecular Hbond substituents is 1. The van der Waals surface area contributed by atoms with Gasteiger partial charge in [-0.1, -0.05) is 35.9 Å². The number of ether oxygens (including phenoxy) is 1. The number of hydrogen-bond acceptors (Lipinski definition) is 6. The van der Waals surface area contributed by atoms with Gasteiger partial charge in [-0.2, -0.15) is 0 Å². The number of nitro benzene ring substituents is 1. The van der Waals surface area contributed by atoms with Crippen LogP contribution < -0.4 is 10.1 Å². The van der Waals surface area contributed by atoms with Crippen LogP contribution in [0.2, 0.25) is 5.02 Å². The number of aromatic nitrogens is 1. The Morgan fingerprint density at radius 1 is 1.00 bits per heavy atom. The standard InChI is InChI=1S/C25H18ClN3O5/c26-19-3-1-2-17(13-19)18-6-11-24(27-15-18)28-25(31)12-16-4-7-20(8-5-16)34-21-9-10-22(29(32)33)23(30)14-21/h1-11,13-15,30H,12H2,(H,27,28,31). The molecule has 0 atom stereocenters. The molecule has 9 heteroatoms. The van der Waals surface area contributed by atoms with Gasteiger partial charge < -0.3 is 15.2 Å². The average molecular weight is 476 g/mol. The van der Waals surface area contributed by atoms with Gasteiger partial charge in [-0.05, 0) is 53.6 Å². The van der Waals surface area contributed by atoms with E-state index in [0.29, 0.717) is 16.6 Å². The number of carbonyl (C=O) groups excluding carboxylic acids is 1. The molecule has 0 unspecified atom stereocenters. The summed E-state index contributed by atoms with van der Waals surface area (Å²) in [6, 6.07) is 21.5. The van der Waals surface area contributed by atoms with Crippen LogP contribution in [0.3, 0.4) is 0 Å². The van der Waals surface area contributed by atoms with E-state index in [2.05, 4.69) is 10.3 Å². The molecule has 0 aliphatic carbocycles. The first-order valence-corrected chi connectivity index (χ1v) is 10.5. The molecule has 34 heavy (non-hydrogen) atoms. The second-order valence-corrected chi connectivity index (χ2v) is 7.76. The first-order chi connectivity index (χ1) is 16.4. The minimum absolute atomic E-state index is 0.135. The maximum Gasteiger partial charge on any atom is 0.310 e. The van der Waals surface area contributed by atoms with Gasteiger partial charge in [0.25, 0.3) is 0 Å².